The summed E-state index contributed by atoms with van der Waals surface area (Å²) in [5.74, 6) is -11.4. The number of phenolic OH excluding ortho intramolecular Hbond substituents is 1. The number of phenols is 1. The van der Waals surface area contributed by atoms with Gasteiger partial charge in [0, 0.05) is 11.6 Å². The van der Waals surface area contributed by atoms with Crippen LogP contribution in [-0.2, 0) is 35.3 Å². The summed E-state index contributed by atoms with van der Waals surface area (Å²) in [6.07, 6.45) is -10.7. The van der Waals surface area contributed by atoms with Crippen LogP contribution in [-0.4, -0.2) is 116 Å². The number of nitrogens with zero attached hydrogens (tertiary/aromatic N) is 8. The Bertz CT molecular complexity index is 3000. The molecule has 25 N–H and O–H groups in total. The van der Waals surface area contributed by atoms with E-state index in [1.54, 1.807) is 36.4 Å². The van der Waals surface area contributed by atoms with Gasteiger partial charge in [0.25, 0.3) is 29.5 Å². The van der Waals surface area contributed by atoms with Gasteiger partial charge in [-0.2, -0.15) is 0 Å². The predicted octanol–water partition coefficient (Wildman–Crippen LogP) is -6.48. The maximum atomic E-state index is 14.4. The lowest BCUT2D eigenvalue weighted by atomic mass is 10.0. The van der Waals surface area contributed by atoms with Crippen molar-refractivity contribution in [2.45, 2.75) is 43.5 Å². The lowest BCUT2D eigenvalue weighted by Gasteiger charge is -2.31. The van der Waals surface area contributed by atoms with E-state index in [4.69, 9.17) is 56.2 Å². The van der Waals surface area contributed by atoms with Gasteiger partial charge in [-0.3, -0.25) is 38.9 Å². The average Bonchev–Trinajstić information content (AvgIpc) is 3.81. The molecule has 378 valence electrons. The number of rotatable bonds is 21. The maximum absolute atomic E-state index is 14.4. The zero-order chi connectivity index (χ0) is 53.0. The Hall–Kier alpha value is -10.6. The smallest absolute Gasteiger partial charge is 0.300 e. The number of aliphatic hydroxyl groups is 1. The number of nitrogens with one attached hydrogen (secondary N) is 5. The predicted molar refractivity (Wildman–Crippen MR) is 254 cm³/mol. The van der Waals surface area contributed by atoms with Crippen LogP contribution in [0.3, 0.4) is 0 Å². The number of carbonyl (C=O) groups is 6. The molecule has 0 aliphatic heterocycles. The van der Waals surface area contributed by atoms with Crippen LogP contribution in [0.1, 0.15) is 17.2 Å². The number of nitro benzene ring substituents is 1. The number of nitrogens with two attached hydrogens (primary N) is 9. The molecule has 5 aromatic rings. The number of carbonyl (C=O) groups excluding carboxylic acids is 6. The maximum Gasteiger partial charge on any atom is 0.300 e. The summed E-state index contributed by atoms with van der Waals surface area (Å²) >= 11 is 0. The minimum Gasteiger partial charge on any atom is -0.508 e. The highest BCUT2D eigenvalue weighted by atomic mass is 16.6. The molecule has 0 saturated heterocycles. The Labute approximate surface area is 403 Å². The van der Waals surface area contributed by atoms with Gasteiger partial charge < -0.3 is 93.3 Å². The van der Waals surface area contributed by atoms with Gasteiger partial charge >= 0.3 is 5.69 Å². The Morgan fingerprint density at radius 2 is 1.10 bits per heavy atom. The van der Waals surface area contributed by atoms with Crippen LogP contribution in [0.4, 0.5) is 11.4 Å². The van der Waals surface area contributed by atoms with Crippen molar-refractivity contribution in [1.29, 1.82) is 0 Å². The van der Waals surface area contributed by atoms with E-state index in [1.807, 2.05) is 10.6 Å². The van der Waals surface area contributed by atoms with Crippen LogP contribution in [0, 0.1) is 10.1 Å². The number of hydrogen-bond acceptors (Lipinski definition) is 18. The van der Waals surface area contributed by atoms with Crippen molar-refractivity contribution in [1.82, 2.24) is 36.9 Å². The average molecular weight is 999 g/mol. The highest BCUT2D eigenvalue weighted by molar-refractivity contribution is 6.00. The quantitative estimate of drug-likeness (QED) is 0.0107. The molecule has 0 bridgehead atoms. The molecule has 33 nitrogen and oxygen atoms in total. The van der Waals surface area contributed by atoms with Crippen molar-refractivity contribution in [3.63, 3.8) is 0 Å². The van der Waals surface area contributed by atoms with Gasteiger partial charge in [-0.1, -0.05) is 60.7 Å². The fourth-order valence-corrected chi connectivity index (χ4v) is 6.58. The molecular weight excluding hydrogens is 953 g/mol. The molecule has 1 aromatic heterocycles. The minimum absolute atomic E-state index is 0.0382. The Kier molecular flexibility index (Phi) is 16.7. The molecular formula is C39H46N22O11. The van der Waals surface area contributed by atoms with Gasteiger partial charge in [-0.15, -0.1) is 0 Å². The van der Waals surface area contributed by atoms with Crippen LogP contribution in [0.25, 0.3) is 21.8 Å². The topological polar surface area (TPSA) is 572 Å². The van der Waals surface area contributed by atoms with Gasteiger partial charge in [-0.05, 0) is 38.8 Å². The Balaban J connectivity index is 1.47. The van der Waals surface area contributed by atoms with Crippen LogP contribution >= 0.6 is 0 Å². The molecule has 1 heterocycles. The molecule has 72 heavy (non-hydrogen) atoms. The molecule has 0 aliphatic carbocycles. The monoisotopic (exact) mass is 998 g/mol. The summed E-state index contributed by atoms with van der Waals surface area (Å²) in [5.41, 5.74) is 47.8. The van der Waals surface area contributed by atoms with Crippen molar-refractivity contribution in [2.75, 3.05) is 4.90 Å². The number of guanidine groups is 4. The van der Waals surface area contributed by atoms with E-state index < -0.39 is 113 Å². The Morgan fingerprint density at radius 1 is 0.611 bits per heavy atom. The second kappa shape index (κ2) is 22.9. The van der Waals surface area contributed by atoms with Gasteiger partial charge in [-0.25, -0.2) is 24.6 Å². The van der Waals surface area contributed by atoms with Crippen LogP contribution in [0.15, 0.2) is 103 Å². The fourth-order valence-electron chi connectivity index (χ4n) is 6.58. The fraction of sp³-hybridized carbons (Fsp3) is 0.179. The lowest BCUT2D eigenvalue weighted by molar-refractivity contribution is -0.383. The van der Waals surface area contributed by atoms with Gasteiger partial charge in [0.05, 0.1) is 17.2 Å². The number of benzene rings is 4. The number of primary amides is 1. The normalized spacial score (nSPS) is 13.2. The van der Waals surface area contributed by atoms with E-state index in [-0.39, 0.29) is 33.6 Å². The zero-order valence-corrected chi connectivity index (χ0v) is 37.0. The molecule has 6 unspecified atom stereocenters. The van der Waals surface area contributed by atoms with E-state index in [2.05, 4.69) is 46.2 Å². The standard InChI is InChI=1S/C39H46N22O11/c40-25(63)26(54-36(41)42)50-31(65)28(56-38(45)46)52-33(67)29(57-39(47)48)53-32(66)27(55-37(43)44)51-30(64)22(16-7-2-1-3-8-16)49-34(68)35(69)60(14-18-17-9-5-4-6-15(17)10-13-21(18)62)19-11-12-20(61(70)71)24-23(19)58-72-59-24/h1-13,22,26-29,35,62,69H,14H2,(H2,40,63)(H,49,68)(H,50,65)(H,51,64)(H,52,67)(H,53,66)(H4,41,42,54)(H4,43,44,55)(H4,45,46,56)(H4,47,48,57). The van der Waals surface area contributed by atoms with Crippen LogP contribution in [0.2, 0.25) is 0 Å². The van der Waals surface area contributed by atoms with Crippen molar-refractivity contribution in [3.05, 3.63) is 100 Å². The van der Waals surface area contributed by atoms with Crippen molar-refractivity contribution < 1.29 is 48.5 Å². The van der Waals surface area contributed by atoms with Gasteiger partial charge in [0.2, 0.25) is 42.3 Å². The first-order valence-corrected chi connectivity index (χ1v) is 20.3. The number of non-ortho nitro benzene ring substituents is 1. The molecule has 6 amide bonds. The third-order valence-corrected chi connectivity index (χ3v) is 9.68. The largest absolute Gasteiger partial charge is 0.508 e. The molecule has 4 aromatic carbocycles. The van der Waals surface area contributed by atoms with Crippen molar-refractivity contribution >= 4 is 92.5 Å². The zero-order valence-electron chi connectivity index (χ0n) is 37.0. The second-order valence-corrected chi connectivity index (χ2v) is 14.7. The number of anilines is 1. The van der Waals surface area contributed by atoms with Crippen molar-refractivity contribution in [3.8, 4) is 5.75 Å². The molecule has 5 rings (SSSR count). The molecule has 0 aliphatic rings. The highest BCUT2D eigenvalue weighted by Gasteiger charge is 2.36. The first-order chi connectivity index (χ1) is 34.1. The van der Waals surface area contributed by atoms with Gasteiger partial charge in [0.15, 0.2) is 29.4 Å². The number of aromatic hydroxyl groups is 1. The summed E-state index contributed by atoms with van der Waals surface area (Å²) in [6, 6.07) is 17.4. The Morgan fingerprint density at radius 3 is 1.62 bits per heavy atom. The highest BCUT2D eigenvalue weighted by Crippen LogP contribution is 2.36. The van der Waals surface area contributed by atoms with E-state index >= 15 is 0 Å². The molecule has 6 atom stereocenters. The number of aromatic nitrogens is 2. The first kappa shape index (κ1) is 52.4. The summed E-state index contributed by atoms with van der Waals surface area (Å²) in [5, 5.41) is 54.2. The third kappa shape index (κ3) is 13.1. The molecule has 0 fully saturated rings. The van der Waals surface area contributed by atoms with Crippen LogP contribution < -0.4 is 83.1 Å². The molecule has 0 spiro atoms. The molecule has 33 heteroatoms. The summed E-state index contributed by atoms with van der Waals surface area (Å²) in [7, 11) is 0. The first-order valence-electron chi connectivity index (χ1n) is 20.3. The number of aliphatic imine (C=N–C) groups is 4. The molecule has 0 saturated carbocycles. The summed E-state index contributed by atoms with van der Waals surface area (Å²) in [6.45, 7) is -0.482. The molecule has 0 radical (unpaired) electrons. The van der Waals surface area contributed by atoms with Crippen molar-refractivity contribution in [2.24, 2.45) is 71.6 Å². The number of amides is 6. The summed E-state index contributed by atoms with van der Waals surface area (Å²) < 4.78 is 4.82. The second-order valence-electron chi connectivity index (χ2n) is 14.7. The van der Waals surface area contributed by atoms with E-state index in [0.29, 0.717) is 10.8 Å². The number of nitro groups is 1. The minimum atomic E-state index is -2.32. The number of hydrogen-bond donors (Lipinski definition) is 16. The van der Waals surface area contributed by atoms with E-state index in [1.165, 1.54) is 30.3 Å². The lowest BCUT2D eigenvalue weighted by Crippen LogP contribution is -2.58. The SMILES string of the molecule is NC(=O)C(N=C(N)N)NC(=O)C(N=C(N)N)NC(=O)C(N=C(N)N)NC(=O)C(N=C(N)N)NC(=O)C(NC(=O)C(O)N(Cc1c(O)ccc2ccccc12)c1ccc([N+](=O)[O-])c2nonc12)c1ccccc1. The van der Waals surface area contributed by atoms with Crippen LogP contribution in [0.5, 0.6) is 5.75 Å². The van der Waals surface area contributed by atoms with Gasteiger partial charge in [0.1, 0.15) is 11.8 Å². The number of fused-ring (bicyclic) bond motifs is 2. The van der Waals surface area contributed by atoms with E-state index in [9.17, 15) is 49.1 Å². The number of aliphatic hydroxyl groups excluding tert-OH is 1. The summed E-state index contributed by atoms with van der Waals surface area (Å²) in [4.78, 5) is 108. The third-order valence-electron chi connectivity index (χ3n) is 9.68. The van der Waals surface area contributed by atoms with E-state index in [0.717, 1.165) is 17.0 Å².